The highest BCUT2D eigenvalue weighted by Crippen LogP contribution is 2.28. The van der Waals surface area contributed by atoms with E-state index in [-0.39, 0.29) is 0 Å². The van der Waals surface area contributed by atoms with Gasteiger partial charge in [0.25, 0.3) is 0 Å². The molecule has 0 heterocycles. The van der Waals surface area contributed by atoms with Crippen LogP contribution in [0.3, 0.4) is 0 Å². The molecule has 0 atom stereocenters. The maximum absolute atomic E-state index is 6.63. The molecule has 0 radical (unpaired) electrons. The minimum absolute atomic E-state index is 0.662. The quantitative estimate of drug-likeness (QED) is 0.237. The maximum Gasteiger partial charge on any atom is 0.0484 e. The first kappa shape index (κ1) is 23.1. The number of hydrogen-bond acceptors (Lipinski definition) is 0. The van der Waals surface area contributed by atoms with Gasteiger partial charge in [-0.2, -0.15) is 0 Å². The van der Waals surface area contributed by atoms with Crippen LogP contribution in [0.5, 0.6) is 0 Å². The third-order valence-electron chi connectivity index (χ3n) is 5.03. The van der Waals surface area contributed by atoms with E-state index in [0.29, 0.717) is 15.1 Å². The van der Waals surface area contributed by atoms with Crippen molar-refractivity contribution >= 4 is 68.1 Å². The summed E-state index contributed by atoms with van der Waals surface area (Å²) in [5, 5.41) is 1.99. The van der Waals surface area contributed by atoms with Crippen molar-refractivity contribution in [2.24, 2.45) is 0 Å². The van der Waals surface area contributed by atoms with Crippen LogP contribution in [0.4, 0.5) is 0 Å². The summed E-state index contributed by atoms with van der Waals surface area (Å²) in [6.07, 6.45) is 5.87. The molecule has 0 spiro atoms. The smallest absolute Gasteiger partial charge is 0.0484 e. The molecule has 0 aromatic heterocycles. The largest absolute Gasteiger partial charge is 0.0837 e. The molecular formula is C30H21Cl3. The standard InChI is InChI=1S/C30H21Cl3/c31-28(25-10-4-1-5-11-25)19-22-16-23(20-29(32)26-12-6-2-7-13-26)18-24(17-22)21-30(33)27-14-8-3-9-15-27/h1-21H/b28-19-,29-20-,30-21-. The van der Waals surface area contributed by atoms with Gasteiger partial charge >= 0.3 is 0 Å². The first-order valence-electron chi connectivity index (χ1n) is 10.5. The van der Waals surface area contributed by atoms with E-state index in [2.05, 4.69) is 18.2 Å². The molecule has 3 heteroatoms. The van der Waals surface area contributed by atoms with Gasteiger partial charge in [0.1, 0.15) is 0 Å². The summed E-state index contributed by atoms with van der Waals surface area (Å²) < 4.78 is 0. The molecule has 0 N–H and O–H groups in total. The third-order valence-corrected chi connectivity index (χ3v) is 6.01. The van der Waals surface area contributed by atoms with Gasteiger partial charge in [-0.05, 0) is 69.8 Å². The second-order valence-corrected chi connectivity index (χ2v) is 8.73. The molecule has 0 aliphatic heterocycles. The highest BCUT2D eigenvalue weighted by Gasteiger charge is 2.05. The highest BCUT2D eigenvalue weighted by atomic mass is 35.5. The van der Waals surface area contributed by atoms with Gasteiger partial charge < -0.3 is 0 Å². The Balaban J connectivity index is 1.77. The predicted octanol–water partition coefficient (Wildman–Crippen LogP) is 9.90. The normalized spacial score (nSPS) is 12.6. The molecule has 0 fully saturated rings. The number of rotatable bonds is 6. The minimum atomic E-state index is 0.662. The van der Waals surface area contributed by atoms with Crippen molar-refractivity contribution in [3.63, 3.8) is 0 Å². The number of hydrogen-bond donors (Lipinski definition) is 0. The van der Waals surface area contributed by atoms with Crippen molar-refractivity contribution in [3.05, 3.63) is 143 Å². The molecule has 0 aliphatic carbocycles. The van der Waals surface area contributed by atoms with Crippen molar-refractivity contribution in [3.8, 4) is 0 Å². The summed E-state index contributed by atoms with van der Waals surface area (Å²) in [6, 6.07) is 35.8. The summed E-state index contributed by atoms with van der Waals surface area (Å²) >= 11 is 19.9. The Kier molecular flexibility index (Phi) is 7.86. The molecule has 0 bridgehead atoms. The Morgan fingerprint density at radius 1 is 0.394 bits per heavy atom. The number of benzene rings is 4. The van der Waals surface area contributed by atoms with E-state index in [0.717, 1.165) is 33.4 Å². The predicted molar refractivity (Wildman–Crippen MR) is 147 cm³/mol. The van der Waals surface area contributed by atoms with Gasteiger partial charge in [0, 0.05) is 15.1 Å². The van der Waals surface area contributed by atoms with Crippen LogP contribution in [-0.2, 0) is 0 Å². The number of halogens is 3. The van der Waals surface area contributed by atoms with E-state index < -0.39 is 0 Å². The molecule has 0 amide bonds. The molecule has 0 nitrogen and oxygen atoms in total. The minimum Gasteiger partial charge on any atom is -0.0837 e. The Labute approximate surface area is 210 Å². The monoisotopic (exact) mass is 486 g/mol. The Hall–Kier alpha value is -3.03. The molecule has 162 valence electrons. The van der Waals surface area contributed by atoms with Gasteiger partial charge in [-0.25, -0.2) is 0 Å². The van der Waals surface area contributed by atoms with Crippen LogP contribution < -0.4 is 0 Å². The van der Waals surface area contributed by atoms with Crippen LogP contribution in [0.15, 0.2) is 109 Å². The lowest BCUT2D eigenvalue weighted by atomic mass is 10.0. The fraction of sp³-hybridized carbons (Fsp3) is 0. The first-order valence-corrected chi connectivity index (χ1v) is 11.6. The second-order valence-electron chi connectivity index (χ2n) is 7.51. The molecule has 4 aromatic carbocycles. The van der Waals surface area contributed by atoms with Crippen LogP contribution in [-0.4, -0.2) is 0 Å². The van der Waals surface area contributed by atoms with Crippen LogP contribution in [0, 0.1) is 0 Å². The average molecular weight is 488 g/mol. The summed E-state index contributed by atoms with van der Waals surface area (Å²) in [4.78, 5) is 0. The first-order chi connectivity index (χ1) is 16.1. The van der Waals surface area contributed by atoms with E-state index >= 15 is 0 Å². The molecule has 4 rings (SSSR count). The van der Waals surface area contributed by atoms with Crippen molar-refractivity contribution < 1.29 is 0 Å². The Morgan fingerprint density at radius 3 is 0.879 bits per heavy atom. The Morgan fingerprint density at radius 2 is 0.636 bits per heavy atom. The summed E-state index contributed by atoms with van der Waals surface area (Å²) in [6.45, 7) is 0. The fourth-order valence-electron chi connectivity index (χ4n) is 3.43. The SMILES string of the molecule is Cl/C(=C\c1cc(/C=C(\Cl)c2ccccc2)cc(/C=C(\Cl)c2ccccc2)c1)c1ccccc1. The molecule has 0 saturated heterocycles. The van der Waals surface area contributed by atoms with Gasteiger partial charge in [0.2, 0.25) is 0 Å². The van der Waals surface area contributed by atoms with Crippen LogP contribution in [0.2, 0.25) is 0 Å². The van der Waals surface area contributed by atoms with Gasteiger partial charge in [-0.1, -0.05) is 126 Å². The van der Waals surface area contributed by atoms with Crippen molar-refractivity contribution in [2.75, 3.05) is 0 Å². The van der Waals surface area contributed by atoms with Gasteiger partial charge in [0.15, 0.2) is 0 Å². The van der Waals surface area contributed by atoms with Crippen LogP contribution >= 0.6 is 34.8 Å². The fourth-order valence-corrected chi connectivity index (χ4v) is 4.19. The molecular weight excluding hydrogens is 467 g/mol. The van der Waals surface area contributed by atoms with E-state index in [9.17, 15) is 0 Å². The average Bonchev–Trinajstić information content (AvgIpc) is 2.85. The maximum atomic E-state index is 6.63. The topological polar surface area (TPSA) is 0 Å². The highest BCUT2D eigenvalue weighted by molar-refractivity contribution is 6.52. The van der Waals surface area contributed by atoms with E-state index in [1.165, 1.54) is 0 Å². The Bertz CT molecular complexity index is 1130. The van der Waals surface area contributed by atoms with Crippen LogP contribution in [0.25, 0.3) is 33.3 Å². The van der Waals surface area contributed by atoms with E-state index in [1.54, 1.807) is 0 Å². The lowest BCUT2D eigenvalue weighted by molar-refractivity contribution is 1.57. The zero-order valence-corrected chi connectivity index (χ0v) is 20.0. The zero-order chi connectivity index (χ0) is 23.0. The second kappa shape index (κ2) is 11.2. The summed E-state index contributed by atoms with van der Waals surface area (Å²) in [5.41, 5.74) is 5.75. The van der Waals surface area contributed by atoms with Gasteiger partial charge in [0.05, 0.1) is 0 Å². The van der Waals surface area contributed by atoms with Crippen LogP contribution in [0.1, 0.15) is 33.4 Å². The van der Waals surface area contributed by atoms with Crippen molar-refractivity contribution in [1.29, 1.82) is 0 Å². The van der Waals surface area contributed by atoms with Crippen molar-refractivity contribution in [2.45, 2.75) is 0 Å². The van der Waals surface area contributed by atoms with Gasteiger partial charge in [-0.3, -0.25) is 0 Å². The lowest BCUT2D eigenvalue weighted by Gasteiger charge is -2.07. The molecule has 4 aromatic rings. The van der Waals surface area contributed by atoms with Crippen molar-refractivity contribution in [1.82, 2.24) is 0 Å². The van der Waals surface area contributed by atoms with Gasteiger partial charge in [-0.15, -0.1) is 0 Å². The molecule has 33 heavy (non-hydrogen) atoms. The van der Waals surface area contributed by atoms with E-state index in [1.807, 2.05) is 109 Å². The lowest BCUT2D eigenvalue weighted by Crippen LogP contribution is -1.85. The zero-order valence-electron chi connectivity index (χ0n) is 17.8. The molecule has 0 saturated carbocycles. The third kappa shape index (κ3) is 6.49. The summed E-state index contributed by atoms with van der Waals surface area (Å²) in [5.74, 6) is 0. The van der Waals surface area contributed by atoms with E-state index in [4.69, 9.17) is 34.8 Å². The molecule has 0 unspecified atom stereocenters. The molecule has 0 aliphatic rings. The summed E-state index contributed by atoms with van der Waals surface area (Å²) in [7, 11) is 0.